The molecule has 0 atom stereocenters. The number of hydrogen-bond donors (Lipinski definition) is 2. The molecule has 1 aromatic rings. The van der Waals surface area contributed by atoms with Gasteiger partial charge in [-0.25, -0.2) is 4.79 Å². The maximum Gasteiger partial charge on any atom is 0.357 e. The van der Waals surface area contributed by atoms with E-state index in [9.17, 15) is 4.79 Å². The van der Waals surface area contributed by atoms with Crippen molar-refractivity contribution in [2.45, 2.75) is 0 Å². The summed E-state index contributed by atoms with van der Waals surface area (Å²) in [5, 5.41) is 17.5. The molecule has 0 aliphatic carbocycles. The number of aliphatic hydroxyl groups is 1. The van der Waals surface area contributed by atoms with Crippen molar-refractivity contribution in [3.8, 4) is 0 Å². The van der Waals surface area contributed by atoms with E-state index in [1.807, 2.05) is 0 Å². The quantitative estimate of drug-likeness (QED) is 0.670. The van der Waals surface area contributed by atoms with Crippen LogP contribution >= 0.6 is 0 Å². The second kappa shape index (κ2) is 6.09. The summed E-state index contributed by atoms with van der Waals surface area (Å²) in [5.74, 6) is -1.15. The molecule has 0 aromatic carbocycles. The number of nitrogens with zero attached hydrogens (tertiary/aromatic N) is 2. The highest BCUT2D eigenvalue weighted by molar-refractivity contribution is 5.85. The highest BCUT2D eigenvalue weighted by atomic mass is 16.5. The van der Waals surface area contributed by atoms with Gasteiger partial charge in [0.1, 0.15) is 6.26 Å². The van der Waals surface area contributed by atoms with Crippen LogP contribution in [0.5, 0.6) is 0 Å². The first-order chi connectivity index (χ1) is 7.69. The normalized spacial score (nSPS) is 10.4. The smallest absolute Gasteiger partial charge is 0.357 e. The molecule has 1 heterocycles. The summed E-state index contributed by atoms with van der Waals surface area (Å²) < 4.78 is 9.89. The van der Waals surface area contributed by atoms with Crippen LogP contribution in [0.3, 0.4) is 0 Å². The van der Waals surface area contributed by atoms with Gasteiger partial charge in [-0.2, -0.15) is 4.98 Å². The van der Waals surface area contributed by atoms with Crippen LogP contribution < -0.4 is 4.90 Å². The van der Waals surface area contributed by atoms with Crippen LogP contribution in [-0.4, -0.2) is 54.6 Å². The molecule has 0 spiro atoms. The van der Waals surface area contributed by atoms with Crippen LogP contribution in [0.4, 0.5) is 6.01 Å². The molecule has 0 aliphatic heterocycles. The number of carboxylic acids is 1. The van der Waals surface area contributed by atoms with Crippen molar-refractivity contribution in [3.63, 3.8) is 0 Å². The lowest BCUT2D eigenvalue weighted by Gasteiger charge is -2.18. The summed E-state index contributed by atoms with van der Waals surface area (Å²) in [7, 11) is 1.55. The van der Waals surface area contributed by atoms with Gasteiger partial charge in [-0.15, -0.1) is 0 Å². The van der Waals surface area contributed by atoms with Gasteiger partial charge in [0.25, 0.3) is 6.01 Å². The minimum absolute atomic E-state index is 0.0749. The molecule has 0 aliphatic rings. The Morgan fingerprint density at radius 3 is 2.88 bits per heavy atom. The van der Waals surface area contributed by atoms with Crippen molar-refractivity contribution in [1.29, 1.82) is 0 Å². The van der Waals surface area contributed by atoms with Crippen LogP contribution in [0.2, 0.25) is 0 Å². The van der Waals surface area contributed by atoms with Gasteiger partial charge in [0.15, 0.2) is 5.69 Å². The molecule has 1 rings (SSSR count). The number of aromatic nitrogens is 1. The Balaban J connectivity index is 2.71. The van der Waals surface area contributed by atoms with E-state index >= 15 is 0 Å². The van der Waals surface area contributed by atoms with Gasteiger partial charge in [-0.05, 0) is 0 Å². The highest BCUT2D eigenvalue weighted by Crippen LogP contribution is 2.13. The number of oxazole rings is 1. The Bertz CT molecular complexity index is 338. The summed E-state index contributed by atoms with van der Waals surface area (Å²) in [6.07, 6.45) is 1.06. The van der Waals surface area contributed by atoms with Crippen molar-refractivity contribution in [2.75, 3.05) is 38.3 Å². The Morgan fingerprint density at radius 1 is 1.62 bits per heavy atom. The summed E-state index contributed by atoms with van der Waals surface area (Å²) in [4.78, 5) is 16.0. The third-order valence-corrected chi connectivity index (χ3v) is 1.92. The van der Waals surface area contributed by atoms with E-state index in [4.69, 9.17) is 19.4 Å². The molecule has 0 bridgehead atoms. The SMILES string of the molecule is COCCN(CCO)c1nc(C(=O)O)co1. The zero-order valence-electron chi connectivity index (χ0n) is 8.92. The lowest BCUT2D eigenvalue weighted by molar-refractivity contribution is 0.0690. The fraction of sp³-hybridized carbons (Fsp3) is 0.556. The van der Waals surface area contributed by atoms with Crippen molar-refractivity contribution < 1.29 is 24.2 Å². The summed E-state index contributed by atoms with van der Waals surface area (Å²) in [6.45, 7) is 1.14. The Hall–Kier alpha value is -1.60. The largest absolute Gasteiger partial charge is 0.476 e. The number of carbonyl (C=O) groups is 1. The monoisotopic (exact) mass is 230 g/mol. The number of aliphatic hydroxyl groups excluding tert-OH is 1. The van der Waals surface area contributed by atoms with Crippen LogP contribution in [0.15, 0.2) is 10.7 Å². The van der Waals surface area contributed by atoms with Gasteiger partial charge in [-0.1, -0.05) is 0 Å². The average Bonchev–Trinajstić information content (AvgIpc) is 2.73. The molecule has 0 amide bonds. The first-order valence-corrected chi connectivity index (χ1v) is 4.72. The zero-order chi connectivity index (χ0) is 12.0. The molecule has 0 saturated heterocycles. The molecule has 2 N–H and O–H groups in total. The Labute approximate surface area is 92.3 Å². The number of anilines is 1. The first-order valence-electron chi connectivity index (χ1n) is 4.72. The molecule has 90 valence electrons. The lowest BCUT2D eigenvalue weighted by Crippen LogP contribution is -2.30. The number of aromatic carboxylic acids is 1. The van der Waals surface area contributed by atoms with E-state index in [2.05, 4.69) is 4.98 Å². The average molecular weight is 230 g/mol. The third-order valence-electron chi connectivity index (χ3n) is 1.92. The second-order valence-corrected chi connectivity index (χ2v) is 3.02. The molecule has 0 fully saturated rings. The molecule has 7 heteroatoms. The van der Waals surface area contributed by atoms with Gasteiger partial charge in [0.2, 0.25) is 0 Å². The molecule has 0 saturated carbocycles. The molecule has 7 nitrogen and oxygen atoms in total. The van der Waals surface area contributed by atoms with Crippen molar-refractivity contribution in [1.82, 2.24) is 4.98 Å². The van der Waals surface area contributed by atoms with Crippen LogP contribution in [0, 0.1) is 0 Å². The maximum atomic E-state index is 10.6. The second-order valence-electron chi connectivity index (χ2n) is 3.02. The molecular weight excluding hydrogens is 216 g/mol. The van der Waals surface area contributed by atoms with Crippen LogP contribution in [0.1, 0.15) is 10.5 Å². The van der Waals surface area contributed by atoms with Crippen molar-refractivity contribution >= 4 is 12.0 Å². The fourth-order valence-corrected chi connectivity index (χ4v) is 1.13. The Kier molecular flexibility index (Phi) is 4.74. The number of hydrogen-bond acceptors (Lipinski definition) is 6. The zero-order valence-corrected chi connectivity index (χ0v) is 8.92. The van der Waals surface area contributed by atoms with E-state index in [1.54, 1.807) is 12.0 Å². The van der Waals surface area contributed by atoms with Gasteiger partial charge < -0.3 is 24.3 Å². The summed E-state index contributed by atoms with van der Waals surface area (Å²) in [6, 6.07) is 0.170. The minimum atomic E-state index is -1.15. The van der Waals surface area contributed by atoms with E-state index in [0.29, 0.717) is 19.7 Å². The van der Waals surface area contributed by atoms with E-state index in [-0.39, 0.29) is 18.3 Å². The molecule has 1 aromatic heterocycles. The predicted molar refractivity (Wildman–Crippen MR) is 54.6 cm³/mol. The minimum Gasteiger partial charge on any atom is -0.476 e. The number of carboxylic acid groups (broad SMARTS) is 1. The molecule has 0 radical (unpaired) electrons. The van der Waals surface area contributed by atoms with Gasteiger partial charge in [-0.3, -0.25) is 0 Å². The topological polar surface area (TPSA) is 96.0 Å². The summed E-state index contributed by atoms with van der Waals surface area (Å²) >= 11 is 0. The predicted octanol–water partition coefficient (Wildman–Crippen LogP) is -0.182. The number of ether oxygens (including phenoxy) is 1. The van der Waals surface area contributed by atoms with E-state index in [1.165, 1.54) is 0 Å². The standard InChI is InChI=1S/C9H14N2O5/c1-15-5-3-11(2-4-12)9-10-7(6-16-9)8(13)14/h6,12H,2-5H2,1H3,(H,13,14). The van der Waals surface area contributed by atoms with Crippen LogP contribution in [-0.2, 0) is 4.74 Å². The van der Waals surface area contributed by atoms with Gasteiger partial charge in [0, 0.05) is 20.2 Å². The van der Waals surface area contributed by atoms with Crippen LogP contribution in [0.25, 0.3) is 0 Å². The molecular formula is C9H14N2O5. The molecule has 16 heavy (non-hydrogen) atoms. The third kappa shape index (κ3) is 3.21. The Morgan fingerprint density at radius 2 is 2.38 bits per heavy atom. The van der Waals surface area contributed by atoms with Gasteiger partial charge >= 0.3 is 5.97 Å². The van der Waals surface area contributed by atoms with Gasteiger partial charge in [0.05, 0.1) is 13.2 Å². The fourth-order valence-electron chi connectivity index (χ4n) is 1.13. The number of rotatable bonds is 7. The summed E-state index contributed by atoms with van der Waals surface area (Å²) in [5.41, 5.74) is -0.157. The molecule has 0 unspecified atom stereocenters. The van der Waals surface area contributed by atoms with E-state index in [0.717, 1.165) is 6.26 Å². The number of methoxy groups -OCH3 is 1. The van der Waals surface area contributed by atoms with Crippen molar-refractivity contribution in [2.24, 2.45) is 0 Å². The maximum absolute atomic E-state index is 10.6. The van der Waals surface area contributed by atoms with Crippen molar-refractivity contribution in [3.05, 3.63) is 12.0 Å². The first kappa shape index (κ1) is 12.5. The lowest BCUT2D eigenvalue weighted by atomic mass is 10.5. The highest BCUT2D eigenvalue weighted by Gasteiger charge is 2.15. The van der Waals surface area contributed by atoms with E-state index < -0.39 is 5.97 Å².